The van der Waals surface area contributed by atoms with Crippen LogP contribution in [0.25, 0.3) is 0 Å². The van der Waals surface area contributed by atoms with E-state index in [2.05, 4.69) is 5.32 Å². The van der Waals surface area contributed by atoms with Gasteiger partial charge in [-0.25, -0.2) is 4.79 Å². The zero-order valence-electron chi connectivity index (χ0n) is 17.8. The summed E-state index contributed by atoms with van der Waals surface area (Å²) in [5.74, 6) is -1.10. The van der Waals surface area contributed by atoms with Crippen LogP contribution in [0, 0.1) is 10.1 Å². The molecule has 3 rings (SSSR count). The Morgan fingerprint density at radius 2 is 1.79 bits per heavy atom. The third-order valence-corrected chi connectivity index (χ3v) is 4.62. The first-order valence-corrected chi connectivity index (χ1v) is 9.95. The lowest BCUT2D eigenvalue weighted by Gasteiger charge is -2.15. The number of rotatable bonds is 9. The summed E-state index contributed by atoms with van der Waals surface area (Å²) >= 11 is 0. The number of anilines is 1. The first kappa shape index (κ1) is 24.4. The summed E-state index contributed by atoms with van der Waals surface area (Å²) in [5, 5.41) is 23.5. The molecule has 0 fully saturated rings. The summed E-state index contributed by atoms with van der Waals surface area (Å²) in [6.45, 7) is 2.25. The number of carboxylic acid groups (broad SMARTS) is 1. The van der Waals surface area contributed by atoms with E-state index in [0.717, 1.165) is 11.6 Å². The van der Waals surface area contributed by atoms with Crippen molar-refractivity contribution >= 4 is 17.3 Å². The highest BCUT2D eigenvalue weighted by Crippen LogP contribution is 2.40. The lowest BCUT2D eigenvalue weighted by atomic mass is 10.1. The summed E-state index contributed by atoms with van der Waals surface area (Å²) in [4.78, 5) is 21.5. The van der Waals surface area contributed by atoms with Crippen LogP contribution in [0.5, 0.6) is 17.2 Å². The van der Waals surface area contributed by atoms with Crippen LogP contribution in [0.15, 0.2) is 60.7 Å². The maximum Gasteiger partial charge on any atom is 0.416 e. The van der Waals surface area contributed by atoms with E-state index in [0.29, 0.717) is 24.4 Å². The SMILES string of the molecule is CCOc1cc(CNc2cccc(C(=O)O)c2)ccc1Oc1ccc(C(F)(F)F)cc1[N+](=O)[O-]. The molecule has 0 aromatic heterocycles. The van der Waals surface area contributed by atoms with Crippen molar-refractivity contribution in [3.63, 3.8) is 0 Å². The molecule has 0 atom stereocenters. The van der Waals surface area contributed by atoms with Crippen molar-refractivity contribution in [2.45, 2.75) is 19.6 Å². The van der Waals surface area contributed by atoms with Gasteiger partial charge in [0.1, 0.15) is 0 Å². The Bertz CT molecular complexity index is 1210. The van der Waals surface area contributed by atoms with E-state index in [-0.39, 0.29) is 29.4 Å². The van der Waals surface area contributed by atoms with Crippen LogP contribution in [0.4, 0.5) is 24.5 Å². The number of hydrogen-bond donors (Lipinski definition) is 2. The quantitative estimate of drug-likeness (QED) is 0.283. The normalized spacial score (nSPS) is 11.1. The van der Waals surface area contributed by atoms with Crippen molar-refractivity contribution in [1.82, 2.24) is 0 Å². The van der Waals surface area contributed by atoms with E-state index >= 15 is 0 Å². The van der Waals surface area contributed by atoms with E-state index in [4.69, 9.17) is 14.6 Å². The number of carboxylic acids is 1. The average molecular weight is 476 g/mol. The first-order valence-electron chi connectivity index (χ1n) is 9.95. The van der Waals surface area contributed by atoms with Crippen LogP contribution in [0.2, 0.25) is 0 Å². The minimum atomic E-state index is -4.74. The summed E-state index contributed by atoms with van der Waals surface area (Å²) in [5.41, 5.74) is -0.565. The molecule has 0 aliphatic rings. The molecule has 0 amide bonds. The Balaban J connectivity index is 1.84. The molecule has 0 bridgehead atoms. The maximum absolute atomic E-state index is 12.9. The van der Waals surface area contributed by atoms with Gasteiger partial charge in [-0.2, -0.15) is 13.2 Å². The van der Waals surface area contributed by atoms with Crippen LogP contribution in [-0.2, 0) is 12.7 Å². The van der Waals surface area contributed by atoms with Crippen LogP contribution in [0.3, 0.4) is 0 Å². The predicted molar refractivity (Wildman–Crippen MR) is 117 cm³/mol. The van der Waals surface area contributed by atoms with Gasteiger partial charge in [0.15, 0.2) is 11.5 Å². The van der Waals surface area contributed by atoms with Crippen molar-refractivity contribution in [2.24, 2.45) is 0 Å². The molecule has 0 heterocycles. The number of benzene rings is 3. The number of ether oxygens (including phenoxy) is 2. The molecule has 0 radical (unpaired) electrons. The lowest BCUT2D eigenvalue weighted by Crippen LogP contribution is -2.06. The Morgan fingerprint density at radius 3 is 2.44 bits per heavy atom. The molecule has 0 aliphatic carbocycles. The zero-order chi connectivity index (χ0) is 24.9. The van der Waals surface area contributed by atoms with E-state index in [1.165, 1.54) is 18.2 Å². The van der Waals surface area contributed by atoms with Crippen molar-refractivity contribution in [2.75, 3.05) is 11.9 Å². The van der Waals surface area contributed by atoms with Gasteiger partial charge in [0, 0.05) is 18.3 Å². The van der Waals surface area contributed by atoms with Gasteiger partial charge in [0.2, 0.25) is 5.75 Å². The van der Waals surface area contributed by atoms with E-state index in [9.17, 15) is 28.1 Å². The van der Waals surface area contributed by atoms with Gasteiger partial charge in [0.05, 0.1) is 22.7 Å². The minimum Gasteiger partial charge on any atom is -0.490 e. The summed E-state index contributed by atoms with van der Waals surface area (Å²) in [6, 6.07) is 13.0. The van der Waals surface area contributed by atoms with Crippen LogP contribution < -0.4 is 14.8 Å². The minimum absolute atomic E-state index is 0.0846. The molecule has 2 N–H and O–H groups in total. The fourth-order valence-corrected chi connectivity index (χ4v) is 3.02. The number of alkyl halides is 3. The number of hydrogen-bond acceptors (Lipinski definition) is 6. The molecule has 178 valence electrons. The number of nitro benzene ring substituents is 1. The molecular weight excluding hydrogens is 457 g/mol. The van der Waals surface area contributed by atoms with Crippen molar-refractivity contribution in [3.8, 4) is 17.2 Å². The van der Waals surface area contributed by atoms with Gasteiger partial charge < -0.3 is 19.9 Å². The third-order valence-electron chi connectivity index (χ3n) is 4.62. The second kappa shape index (κ2) is 10.1. The van der Waals surface area contributed by atoms with Gasteiger partial charge in [-0.15, -0.1) is 0 Å². The fraction of sp³-hybridized carbons (Fsp3) is 0.174. The van der Waals surface area contributed by atoms with Crippen molar-refractivity contribution in [3.05, 3.63) is 87.5 Å². The number of nitro groups is 1. The van der Waals surface area contributed by atoms with Crippen LogP contribution in [-0.4, -0.2) is 22.6 Å². The first-order chi connectivity index (χ1) is 16.1. The highest BCUT2D eigenvalue weighted by molar-refractivity contribution is 5.88. The molecule has 11 heteroatoms. The number of nitrogens with zero attached hydrogens (tertiary/aromatic N) is 1. The monoisotopic (exact) mass is 476 g/mol. The topological polar surface area (TPSA) is 111 Å². The van der Waals surface area contributed by atoms with Crippen molar-refractivity contribution in [1.29, 1.82) is 0 Å². The third kappa shape index (κ3) is 5.94. The Labute approximate surface area is 191 Å². The second-order valence-corrected chi connectivity index (χ2v) is 6.99. The van der Waals surface area contributed by atoms with Gasteiger partial charge in [-0.1, -0.05) is 12.1 Å². The summed E-state index contributed by atoms with van der Waals surface area (Å²) in [7, 11) is 0. The Hall–Kier alpha value is -4.28. The lowest BCUT2D eigenvalue weighted by molar-refractivity contribution is -0.385. The molecule has 8 nitrogen and oxygen atoms in total. The molecule has 0 saturated heterocycles. The van der Waals surface area contributed by atoms with Crippen LogP contribution in [0.1, 0.15) is 28.4 Å². The Kier molecular flexibility index (Phi) is 7.24. The molecule has 3 aromatic rings. The molecule has 0 saturated carbocycles. The standard InChI is InChI=1S/C23H19F3N2O6/c1-2-33-21-10-14(13-27-17-5-3-4-15(11-17)22(29)30)6-8-20(21)34-19-9-7-16(23(24,25)26)12-18(19)28(31)32/h3-12,27H,2,13H2,1H3,(H,29,30). The van der Waals surface area contributed by atoms with E-state index < -0.39 is 28.3 Å². The van der Waals surface area contributed by atoms with Gasteiger partial charge in [0.25, 0.3) is 0 Å². The average Bonchev–Trinajstić information content (AvgIpc) is 2.79. The van der Waals surface area contributed by atoms with Gasteiger partial charge in [-0.3, -0.25) is 10.1 Å². The molecule has 3 aromatic carbocycles. The number of aromatic carboxylic acids is 1. The molecular formula is C23H19F3N2O6. The molecule has 0 unspecified atom stereocenters. The van der Waals surface area contributed by atoms with Crippen molar-refractivity contribution < 1.29 is 37.5 Å². The Morgan fingerprint density at radius 1 is 1.06 bits per heavy atom. The number of carbonyl (C=O) groups is 1. The van der Waals surface area contributed by atoms with Gasteiger partial charge in [-0.05, 0) is 55.0 Å². The smallest absolute Gasteiger partial charge is 0.416 e. The molecule has 34 heavy (non-hydrogen) atoms. The maximum atomic E-state index is 12.9. The summed E-state index contributed by atoms with van der Waals surface area (Å²) < 4.78 is 49.9. The molecule has 0 spiro atoms. The zero-order valence-corrected chi connectivity index (χ0v) is 17.8. The number of nitrogens with one attached hydrogen (secondary N) is 1. The van der Waals surface area contributed by atoms with Crippen LogP contribution >= 0.6 is 0 Å². The fourth-order valence-electron chi connectivity index (χ4n) is 3.02. The highest BCUT2D eigenvalue weighted by Gasteiger charge is 2.33. The predicted octanol–water partition coefficient (Wildman–Crippen LogP) is 6.11. The summed E-state index contributed by atoms with van der Waals surface area (Å²) in [6.07, 6.45) is -4.74. The second-order valence-electron chi connectivity index (χ2n) is 6.99. The van der Waals surface area contributed by atoms with Gasteiger partial charge >= 0.3 is 17.8 Å². The largest absolute Gasteiger partial charge is 0.490 e. The highest BCUT2D eigenvalue weighted by atomic mass is 19.4. The molecule has 0 aliphatic heterocycles. The number of halogens is 3. The van der Waals surface area contributed by atoms with E-state index in [1.807, 2.05) is 0 Å². The van der Waals surface area contributed by atoms with E-state index in [1.54, 1.807) is 31.2 Å².